The molecule has 0 aliphatic carbocycles. The highest BCUT2D eigenvalue weighted by Gasteiger charge is 1.79. The lowest BCUT2D eigenvalue weighted by Gasteiger charge is -1.82. The molecule has 0 nitrogen and oxygen atoms in total. The zero-order chi connectivity index (χ0) is 4.83. The molecule has 0 aliphatic heterocycles. The summed E-state index contributed by atoms with van der Waals surface area (Å²) in [6.07, 6.45) is 0. The lowest BCUT2D eigenvalue weighted by atomic mass is 11.0. The smallest absolute Gasteiger partial charge is 0.00430 e. The van der Waals surface area contributed by atoms with Gasteiger partial charge in [0.25, 0.3) is 0 Å². The minimum Gasteiger partial charge on any atom is -0.0685 e. The van der Waals surface area contributed by atoms with E-state index in [4.69, 9.17) is 0 Å². The summed E-state index contributed by atoms with van der Waals surface area (Å²) in [7, 11) is 3.80. The van der Waals surface area contributed by atoms with E-state index in [2.05, 4.69) is 6.92 Å². The molecule has 0 spiro atoms. The maximum absolute atomic E-state index is 2.37. The maximum atomic E-state index is 2.37. The molecule has 0 radical (unpaired) electrons. The second-order valence-electron chi connectivity index (χ2n) is 1.71. The Kier molecular flexibility index (Phi) is 6.72. The highest BCUT2D eigenvalue weighted by atomic mass is 29.7. The van der Waals surface area contributed by atoms with Gasteiger partial charge in [0.1, 0.15) is 0 Å². The van der Waals surface area contributed by atoms with Crippen LogP contribution in [0.2, 0.25) is 6.04 Å². The third-order valence-corrected chi connectivity index (χ3v) is 38.6. The van der Waals surface area contributed by atoms with Gasteiger partial charge in [0.05, 0.1) is 0 Å². The van der Waals surface area contributed by atoms with Gasteiger partial charge in [0, 0.05) is 9.04 Å². The molecule has 0 atom stereocenters. The van der Waals surface area contributed by atoms with E-state index in [1.807, 2.05) is 0 Å². The summed E-state index contributed by atoms with van der Waals surface area (Å²) in [6, 6.07) is 1.61. The Morgan fingerprint density at radius 2 is 2.33 bits per heavy atom. The van der Waals surface area contributed by atoms with Gasteiger partial charge < -0.3 is 0 Å². The Balaban J connectivity index is 2.34. The van der Waals surface area contributed by atoms with Crippen molar-refractivity contribution in [1.29, 1.82) is 0 Å². The molecule has 4 heteroatoms. The highest BCUT2D eigenvalue weighted by molar-refractivity contribution is 7.41. The summed E-state index contributed by atoms with van der Waals surface area (Å²) >= 11 is 0. The van der Waals surface area contributed by atoms with Gasteiger partial charge in [-0.2, -0.15) is 0 Å². The summed E-state index contributed by atoms with van der Waals surface area (Å²) in [5.41, 5.74) is 0. The summed E-state index contributed by atoms with van der Waals surface area (Å²) in [5.74, 6) is 0. The van der Waals surface area contributed by atoms with Crippen LogP contribution in [0.5, 0.6) is 0 Å². The fourth-order valence-corrected chi connectivity index (χ4v) is 27.0. The standard InChI is InChI=1S/C2H14Si4/c1-2-4-6-5-3/h2,4-6H2,1,3H3. The molecule has 0 rings (SSSR count). The molecule has 0 N–H and O–H groups in total. The third-order valence-electron chi connectivity index (χ3n) is 0.957. The predicted octanol–water partition coefficient (Wildman–Crippen LogP) is -2.96. The molecule has 0 saturated carbocycles. The second kappa shape index (κ2) is 5.87. The first kappa shape index (κ1) is 6.87. The van der Waals surface area contributed by atoms with Gasteiger partial charge in [-0.15, -0.1) is 0 Å². The van der Waals surface area contributed by atoms with Gasteiger partial charge in [0.15, 0.2) is 0 Å². The van der Waals surface area contributed by atoms with E-state index >= 15 is 0 Å². The number of rotatable bonds is 3. The van der Waals surface area contributed by atoms with E-state index in [1.54, 1.807) is 15.8 Å². The van der Waals surface area contributed by atoms with Crippen molar-refractivity contribution < 1.29 is 0 Å². The zero-order valence-electron chi connectivity index (χ0n) is 4.83. The van der Waals surface area contributed by atoms with Crippen LogP contribution in [0.25, 0.3) is 0 Å². The Bertz CT molecular complexity index is 17.5. The molecule has 0 unspecified atom stereocenters. The lowest BCUT2D eigenvalue weighted by Crippen LogP contribution is -2.10. The van der Waals surface area contributed by atoms with Crippen LogP contribution in [0.1, 0.15) is 6.92 Å². The van der Waals surface area contributed by atoms with Crippen LogP contribution >= 0.6 is 0 Å². The van der Waals surface area contributed by atoms with Crippen molar-refractivity contribution in [1.82, 2.24) is 0 Å². The first-order chi connectivity index (χ1) is 2.91. The van der Waals surface area contributed by atoms with Crippen molar-refractivity contribution in [3.63, 3.8) is 0 Å². The van der Waals surface area contributed by atoms with Gasteiger partial charge in [0.2, 0.25) is 0 Å². The third kappa shape index (κ3) is 4.87. The first-order valence-electron chi connectivity index (χ1n) is 2.91. The topological polar surface area (TPSA) is 0 Å². The molecule has 0 aromatic carbocycles. The fraction of sp³-hybridized carbons (Fsp3) is 1.00. The summed E-state index contributed by atoms with van der Waals surface area (Å²) in [6.45, 7) is 2.37. The molecule has 6 heavy (non-hydrogen) atoms. The Morgan fingerprint density at radius 1 is 1.67 bits per heavy atom. The first-order valence-corrected chi connectivity index (χ1v) is 17.6. The minimum atomic E-state index is 0.657. The molecule has 0 aromatic heterocycles. The van der Waals surface area contributed by atoms with Crippen molar-refractivity contribution in [2.45, 2.75) is 13.0 Å². The van der Waals surface area contributed by atoms with Crippen molar-refractivity contribution in [2.75, 3.05) is 0 Å². The van der Waals surface area contributed by atoms with Crippen molar-refractivity contribution >= 4 is 35.9 Å². The molecule has 38 valence electrons. The molecular formula is C2H14Si4. The molecule has 0 amide bonds. The van der Waals surface area contributed by atoms with Crippen LogP contribution in [0, 0.1) is 0 Å². The molecule has 0 bridgehead atoms. The largest absolute Gasteiger partial charge is 0.0685 e. The second-order valence-corrected chi connectivity index (χ2v) is 27.7. The average molecular weight is 150 g/mol. The average Bonchev–Trinajstić information content (AvgIpc) is 1.61. The zero-order valence-corrected chi connectivity index (χ0v) is 11.1. The Labute approximate surface area is 49.4 Å². The summed E-state index contributed by atoms with van der Waals surface area (Å²) in [4.78, 5) is 0. The highest BCUT2D eigenvalue weighted by Crippen LogP contribution is 1.65. The predicted molar refractivity (Wildman–Crippen MR) is 46.1 cm³/mol. The van der Waals surface area contributed by atoms with E-state index in [0.29, 0.717) is 9.04 Å². The van der Waals surface area contributed by atoms with Crippen LogP contribution in [0.3, 0.4) is 0 Å². The fourth-order valence-electron chi connectivity index (χ4n) is 0.500. The molecule has 0 fully saturated rings. The van der Waals surface area contributed by atoms with Crippen LogP contribution in [-0.4, -0.2) is 35.9 Å². The Morgan fingerprint density at radius 3 is 2.50 bits per heavy atom. The molecular weight excluding hydrogens is 136 g/mol. The van der Waals surface area contributed by atoms with Gasteiger partial charge in [-0.1, -0.05) is 13.0 Å². The van der Waals surface area contributed by atoms with Crippen LogP contribution < -0.4 is 0 Å². The van der Waals surface area contributed by atoms with Gasteiger partial charge >= 0.3 is 0 Å². The quantitative estimate of drug-likeness (QED) is 0.298. The number of hydrogen-bond acceptors (Lipinski definition) is 0. The minimum absolute atomic E-state index is 0.657. The van der Waals surface area contributed by atoms with Gasteiger partial charge in [-0.3, -0.25) is 0 Å². The molecule has 0 aliphatic rings. The molecule has 0 saturated heterocycles. The van der Waals surface area contributed by atoms with E-state index in [-0.39, 0.29) is 0 Å². The monoisotopic (exact) mass is 150 g/mol. The van der Waals surface area contributed by atoms with E-state index in [9.17, 15) is 0 Å². The molecule has 0 heterocycles. The lowest BCUT2D eigenvalue weighted by molar-refractivity contribution is 1.47. The van der Waals surface area contributed by atoms with Crippen molar-refractivity contribution in [3.05, 3.63) is 0 Å². The van der Waals surface area contributed by atoms with Gasteiger partial charge in [-0.05, 0) is 26.9 Å². The summed E-state index contributed by atoms with van der Waals surface area (Å²) < 4.78 is 0. The van der Waals surface area contributed by atoms with E-state index < -0.39 is 0 Å². The van der Waals surface area contributed by atoms with Crippen LogP contribution in [-0.2, 0) is 0 Å². The van der Waals surface area contributed by atoms with Crippen molar-refractivity contribution in [3.8, 4) is 0 Å². The van der Waals surface area contributed by atoms with E-state index in [0.717, 1.165) is 17.1 Å². The summed E-state index contributed by atoms with van der Waals surface area (Å²) in [5, 5.41) is 0. The Hall–Kier alpha value is 0.868. The normalized spacial score (nSPS) is 15.5. The van der Waals surface area contributed by atoms with Crippen LogP contribution in [0.4, 0.5) is 0 Å². The van der Waals surface area contributed by atoms with E-state index in [1.165, 1.54) is 0 Å². The maximum Gasteiger partial charge on any atom is 0.00430 e. The SMILES string of the molecule is CC[SiH2][SiH2][SiH2][SiH3]. The molecule has 0 aromatic rings. The van der Waals surface area contributed by atoms with Crippen LogP contribution in [0.15, 0.2) is 0 Å². The number of hydrogen-bond donors (Lipinski definition) is 0. The van der Waals surface area contributed by atoms with Crippen molar-refractivity contribution in [2.24, 2.45) is 0 Å². The van der Waals surface area contributed by atoms with Gasteiger partial charge in [-0.25, -0.2) is 0 Å².